The van der Waals surface area contributed by atoms with E-state index in [9.17, 15) is 0 Å². The molecule has 0 radical (unpaired) electrons. The molecule has 0 aliphatic rings. The third-order valence-electron chi connectivity index (χ3n) is 3.30. The number of nitrogens with zero attached hydrogens (tertiary/aromatic N) is 2. The van der Waals surface area contributed by atoms with E-state index < -0.39 is 0 Å². The Hall–Kier alpha value is -0.401. The van der Waals surface area contributed by atoms with Crippen LogP contribution >= 0.6 is 0 Å². The molecule has 2 heterocycles. The van der Waals surface area contributed by atoms with Gasteiger partial charge in [0, 0.05) is 0 Å². The number of hydrogen-bond donors (Lipinski definition) is 0. The van der Waals surface area contributed by atoms with Crippen molar-refractivity contribution in [3.8, 4) is 0 Å². The first kappa shape index (κ1) is 14.0. The van der Waals surface area contributed by atoms with Gasteiger partial charge in [-0.1, -0.05) is 0 Å². The van der Waals surface area contributed by atoms with Crippen LogP contribution in [0.4, 0.5) is 11.4 Å². The Morgan fingerprint density at radius 3 is 1.11 bits per heavy atom. The van der Waals surface area contributed by atoms with E-state index in [1.165, 1.54) is 28.9 Å². The van der Waals surface area contributed by atoms with Crippen LogP contribution < -0.4 is 0 Å². The molecule has 0 bridgehead atoms. The number of aryl methyl sites for hydroxylation is 4. The summed E-state index contributed by atoms with van der Waals surface area (Å²) in [5, 5.41) is 9.07. The van der Waals surface area contributed by atoms with Crippen LogP contribution in [0.2, 0.25) is 0 Å². The van der Waals surface area contributed by atoms with Crippen LogP contribution in [0.5, 0.6) is 0 Å². The Kier molecular flexibility index (Phi) is 4.13. The number of rotatable bonds is 2. The van der Waals surface area contributed by atoms with Crippen LogP contribution in [-0.2, 0) is 0 Å². The Morgan fingerprint density at radius 2 is 0.889 bits per heavy atom. The molecule has 2 rings (SSSR count). The molecule has 2 aromatic rings. The maximum atomic E-state index is 4.53. The molecule has 4 heteroatoms. The number of hydrogen-bond acceptors (Lipinski definition) is 2. The molecule has 0 atom stereocenters. The summed E-state index contributed by atoms with van der Waals surface area (Å²) in [5.74, 6) is 0. The van der Waals surface area contributed by atoms with Gasteiger partial charge in [0.2, 0.25) is 0 Å². The summed E-state index contributed by atoms with van der Waals surface area (Å²) < 4.78 is 5.78. The van der Waals surface area contributed by atoms with E-state index in [-0.39, 0.29) is 0 Å². The fourth-order valence-electron chi connectivity index (χ4n) is 1.96. The van der Waals surface area contributed by atoms with E-state index in [4.69, 9.17) is 0 Å². The molecule has 2 aromatic heterocycles. The van der Waals surface area contributed by atoms with Crippen LogP contribution in [0, 0.1) is 41.5 Å². The van der Waals surface area contributed by atoms with Gasteiger partial charge in [-0.05, 0) is 0 Å². The van der Waals surface area contributed by atoms with Crippen molar-refractivity contribution in [3.05, 3.63) is 28.9 Å². The van der Waals surface area contributed by atoms with Crippen molar-refractivity contribution in [1.29, 1.82) is 0 Å². The molecule has 0 amide bonds. The molecule has 0 fully saturated rings. The third-order valence-corrected chi connectivity index (χ3v) is 7.96. The van der Waals surface area contributed by atoms with Gasteiger partial charge in [0.1, 0.15) is 0 Å². The molecule has 18 heavy (non-hydrogen) atoms. The van der Waals surface area contributed by atoms with Gasteiger partial charge in [0.15, 0.2) is 0 Å². The molecule has 0 unspecified atom stereocenters. The minimum absolute atomic E-state index is 0.488. The molecule has 0 aliphatic carbocycles. The number of azo groups is 1. The van der Waals surface area contributed by atoms with E-state index in [0.29, 0.717) is 29.0 Å². The summed E-state index contributed by atoms with van der Waals surface area (Å²) in [6.45, 7) is 13.1. The predicted octanol–water partition coefficient (Wildman–Crippen LogP) is 4.07. The van der Waals surface area contributed by atoms with Gasteiger partial charge in [0.25, 0.3) is 0 Å². The Bertz CT molecular complexity index is 564. The Labute approximate surface area is 121 Å². The van der Waals surface area contributed by atoms with Crippen LogP contribution in [0.15, 0.2) is 10.2 Å². The van der Waals surface area contributed by atoms with Gasteiger partial charge >= 0.3 is 121 Å². The van der Waals surface area contributed by atoms with Gasteiger partial charge in [0.05, 0.1) is 0 Å². The van der Waals surface area contributed by atoms with Gasteiger partial charge < -0.3 is 0 Å². The summed E-state index contributed by atoms with van der Waals surface area (Å²) in [6, 6.07) is 0. The Balaban J connectivity index is 2.42. The second kappa shape index (κ2) is 5.30. The fraction of sp³-hybridized carbons (Fsp3) is 0.429. The Morgan fingerprint density at radius 1 is 0.556 bits per heavy atom. The maximum absolute atomic E-state index is 4.53. The van der Waals surface area contributed by atoms with Crippen LogP contribution in [0.3, 0.4) is 0 Å². The second-order valence-electron chi connectivity index (χ2n) is 4.58. The van der Waals surface area contributed by atoms with Crippen molar-refractivity contribution in [2.24, 2.45) is 10.2 Å². The molecule has 0 aromatic carbocycles. The molecule has 0 spiro atoms. The predicted molar refractivity (Wildman–Crippen MR) is 79.4 cm³/mol. The average molecular weight is 372 g/mol. The second-order valence-corrected chi connectivity index (χ2v) is 10.6. The summed E-state index contributed by atoms with van der Waals surface area (Å²) in [5.41, 5.74) is 4.91. The molecule has 2 nitrogen and oxygen atoms in total. The van der Waals surface area contributed by atoms with Crippen LogP contribution in [-0.4, -0.2) is 29.0 Å². The van der Waals surface area contributed by atoms with Crippen LogP contribution in [0.25, 0.3) is 0 Å². The van der Waals surface area contributed by atoms with Crippen molar-refractivity contribution in [2.75, 3.05) is 0 Å². The molecule has 0 saturated carbocycles. The van der Waals surface area contributed by atoms with Gasteiger partial charge in [-0.25, -0.2) is 0 Å². The quantitative estimate of drug-likeness (QED) is 0.561. The van der Waals surface area contributed by atoms with Crippen LogP contribution in [0.1, 0.15) is 28.9 Å². The molecular weight excluding hydrogens is 354 g/mol. The molecule has 96 valence electrons. The summed E-state index contributed by atoms with van der Waals surface area (Å²) in [6.07, 6.45) is 0. The zero-order chi connectivity index (χ0) is 13.4. The SMILES string of the molecule is Cc1[se]c(C)c(N=Nc2c(C)[se]c(C)c2C)c1C. The van der Waals surface area contributed by atoms with Gasteiger partial charge in [-0.15, -0.1) is 0 Å². The third kappa shape index (κ3) is 2.48. The zero-order valence-electron chi connectivity index (χ0n) is 11.7. The fourth-order valence-corrected chi connectivity index (χ4v) is 6.16. The van der Waals surface area contributed by atoms with E-state index in [2.05, 4.69) is 51.8 Å². The molecule has 0 aliphatic heterocycles. The minimum atomic E-state index is 0.488. The van der Waals surface area contributed by atoms with Crippen molar-refractivity contribution >= 4 is 40.4 Å². The molecule has 0 N–H and O–H groups in total. The zero-order valence-corrected chi connectivity index (χ0v) is 15.1. The van der Waals surface area contributed by atoms with Crippen molar-refractivity contribution in [3.63, 3.8) is 0 Å². The summed E-state index contributed by atoms with van der Waals surface area (Å²) in [4.78, 5) is 0. The normalized spacial score (nSPS) is 11.7. The van der Waals surface area contributed by atoms with Gasteiger partial charge in [-0.3, -0.25) is 0 Å². The van der Waals surface area contributed by atoms with Crippen molar-refractivity contribution < 1.29 is 0 Å². The summed E-state index contributed by atoms with van der Waals surface area (Å²) >= 11 is 0.977. The molecular formula is C14H18N2Se2. The van der Waals surface area contributed by atoms with E-state index >= 15 is 0 Å². The topological polar surface area (TPSA) is 24.7 Å². The van der Waals surface area contributed by atoms with E-state index in [1.54, 1.807) is 0 Å². The van der Waals surface area contributed by atoms with E-state index in [1.807, 2.05) is 0 Å². The monoisotopic (exact) mass is 374 g/mol. The molecule has 0 saturated heterocycles. The van der Waals surface area contributed by atoms with Gasteiger partial charge in [-0.2, -0.15) is 0 Å². The average Bonchev–Trinajstić information content (AvgIpc) is 2.67. The van der Waals surface area contributed by atoms with Crippen molar-refractivity contribution in [2.45, 2.75) is 41.5 Å². The standard InChI is InChI=1S/C14H18N2Se2/c1-7-9(3)17-11(5)13(7)15-16-14-8(2)10(4)18-12(14)6/h1-6H3. The summed E-state index contributed by atoms with van der Waals surface area (Å²) in [7, 11) is 0. The first-order valence-electron chi connectivity index (χ1n) is 5.96. The first-order valence-corrected chi connectivity index (χ1v) is 9.39. The first-order chi connectivity index (χ1) is 8.41. The van der Waals surface area contributed by atoms with Crippen molar-refractivity contribution in [1.82, 2.24) is 0 Å². The van der Waals surface area contributed by atoms with E-state index in [0.717, 1.165) is 11.4 Å².